The van der Waals surface area contributed by atoms with Crippen molar-refractivity contribution in [3.63, 3.8) is 0 Å². The van der Waals surface area contributed by atoms with E-state index in [1.165, 1.54) is 0 Å². The molecule has 0 aromatic heterocycles. The van der Waals surface area contributed by atoms with Gasteiger partial charge >= 0.3 is 5.97 Å². The van der Waals surface area contributed by atoms with Gasteiger partial charge in [-0.3, -0.25) is 4.79 Å². The van der Waals surface area contributed by atoms with Crippen LogP contribution in [0.3, 0.4) is 0 Å². The van der Waals surface area contributed by atoms with Crippen LogP contribution >= 0.6 is 0 Å². The zero-order chi connectivity index (χ0) is 10.3. The lowest BCUT2D eigenvalue weighted by Gasteiger charge is -2.16. The first-order valence-corrected chi connectivity index (χ1v) is 5.04. The molecule has 0 amide bonds. The van der Waals surface area contributed by atoms with Gasteiger partial charge in [0.1, 0.15) is 0 Å². The Balaban J connectivity index is 3.77. The van der Waals surface area contributed by atoms with Gasteiger partial charge in [0.15, 0.2) is 0 Å². The van der Waals surface area contributed by atoms with Crippen LogP contribution in [0.4, 0.5) is 0 Å². The molecule has 0 aliphatic rings. The van der Waals surface area contributed by atoms with Crippen LogP contribution in [0, 0.1) is 5.92 Å². The lowest BCUT2D eigenvalue weighted by molar-refractivity contribution is -0.146. The van der Waals surface area contributed by atoms with Gasteiger partial charge < -0.3 is 10.2 Å². The van der Waals surface area contributed by atoms with Gasteiger partial charge in [-0.25, -0.2) is 0 Å². The Hall–Kier alpha value is -0.570. The van der Waals surface area contributed by atoms with Crippen LogP contribution in [-0.2, 0) is 4.79 Å². The van der Waals surface area contributed by atoms with E-state index in [0.29, 0.717) is 12.8 Å². The van der Waals surface area contributed by atoms with Gasteiger partial charge in [-0.15, -0.1) is 0 Å². The number of carboxylic acids is 1. The summed E-state index contributed by atoms with van der Waals surface area (Å²) in [4.78, 5) is 10.6. The summed E-state index contributed by atoms with van der Waals surface area (Å²) >= 11 is 0. The summed E-state index contributed by atoms with van der Waals surface area (Å²) in [6.45, 7) is 3.88. The predicted octanol–water partition coefficient (Wildman–Crippen LogP) is 2.04. The highest BCUT2D eigenvalue weighted by atomic mass is 16.4. The number of carboxylic acid groups (broad SMARTS) is 1. The van der Waals surface area contributed by atoms with Crippen molar-refractivity contribution in [1.82, 2.24) is 0 Å². The fraction of sp³-hybridized carbons (Fsp3) is 0.900. The Morgan fingerprint density at radius 3 is 2.31 bits per heavy atom. The van der Waals surface area contributed by atoms with Gasteiger partial charge in [0, 0.05) is 0 Å². The van der Waals surface area contributed by atoms with Crippen molar-refractivity contribution >= 4 is 5.97 Å². The van der Waals surface area contributed by atoms with E-state index in [1.54, 1.807) is 6.92 Å². The van der Waals surface area contributed by atoms with Crippen LogP contribution in [0.25, 0.3) is 0 Å². The van der Waals surface area contributed by atoms with Crippen LogP contribution in [0.5, 0.6) is 0 Å². The fourth-order valence-corrected chi connectivity index (χ4v) is 1.42. The first-order chi connectivity index (χ1) is 6.13. The molecule has 0 saturated heterocycles. The van der Waals surface area contributed by atoms with Crippen LogP contribution in [-0.4, -0.2) is 22.3 Å². The lowest BCUT2D eigenvalue weighted by Crippen LogP contribution is -2.27. The second-order valence-electron chi connectivity index (χ2n) is 3.42. The first kappa shape index (κ1) is 12.4. The minimum atomic E-state index is -0.883. The van der Waals surface area contributed by atoms with E-state index < -0.39 is 18.0 Å². The van der Waals surface area contributed by atoms with Crippen molar-refractivity contribution in [2.45, 2.75) is 52.1 Å². The molecule has 0 aliphatic heterocycles. The first-order valence-electron chi connectivity index (χ1n) is 5.04. The Morgan fingerprint density at radius 1 is 1.31 bits per heavy atom. The van der Waals surface area contributed by atoms with Crippen molar-refractivity contribution in [3.05, 3.63) is 0 Å². The third kappa shape index (κ3) is 4.88. The molecule has 0 radical (unpaired) electrons. The maximum atomic E-state index is 10.6. The summed E-state index contributed by atoms with van der Waals surface area (Å²) < 4.78 is 0. The van der Waals surface area contributed by atoms with Crippen LogP contribution in [0.15, 0.2) is 0 Å². The molecule has 0 heterocycles. The minimum absolute atomic E-state index is 0.503. The molecule has 0 aromatic carbocycles. The van der Waals surface area contributed by atoms with Crippen molar-refractivity contribution in [1.29, 1.82) is 0 Å². The van der Waals surface area contributed by atoms with Crippen LogP contribution in [0.1, 0.15) is 46.0 Å². The maximum Gasteiger partial charge on any atom is 0.309 e. The molecule has 0 aromatic rings. The Morgan fingerprint density at radius 2 is 1.92 bits per heavy atom. The number of rotatable bonds is 7. The summed E-state index contributed by atoms with van der Waals surface area (Å²) in [5.41, 5.74) is 0. The van der Waals surface area contributed by atoms with E-state index in [0.717, 1.165) is 19.3 Å². The Labute approximate surface area is 79.8 Å². The van der Waals surface area contributed by atoms with Crippen LogP contribution in [0.2, 0.25) is 0 Å². The van der Waals surface area contributed by atoms with Crippen molar-refractivity contribution in [2.75, 3.05) is 0 Å². The predicted molar refractivity (Wildman–Crippen MR) is 51.6 cm³/mol. The molecule has 0 bridgehead atoms. The summed E-state index contributed by atoms with van der Waals surface area (Å²) in [5.74, 6) is -1.47. The monoisotopic (exact) mass is 188 g/mol. The highest BCUT2D eigenvalue weighted by molar-refractivity contribution is 5.70. The van der Waals surface area contributed by atoms with E-state index in [4.69, 9.17) is 5.11 Å². The number of hydrogen-bond acceptors (Lipinski definition) is 2. The van der Waals surface area contributed by atoms with Crippen molar-refractivity contribution < 1.29 is 15.0 Å². The van der Waals surface area contributed by atoms with Gasteiger partial charge in [0.2, 0.25) is 0 Å². The third-order valence-electron chi connectivity index (χ3n) is 2.32. The SMILES string of the molecule is CCCCCC(O)C(CC)C(=O)O. The number of aliphatic carboxylic acids is 1. The molecule has 13 heavy (non-hydrogen) atoms. The van der Waals surface area contributed by atoms with E-state index in [2.05, 4.69) is 6.92 Å². The van der Waals surface area contributed by atoms with E-state index in [9.17, 15) is 9.90 Å². The maximum absolute atomic E-state index is 10.6. The molecule has 2 atom stereocenters. The number of carbonyl (C=O) groups is 1. The normalized spacial score (nSPS) is 15.3. The highest BCUT2D eigenvalue weighted by Crippen LogP contribution is 2.15. The smallest absolute Gasteiger partial charge is 0.309 e. The molecule has 3 heteroatoms. The van der Waals surface area contributed by atoms with Gasteiger partial charge in [0.25, 0.3) is 0 Å². The number of unbranched alkanes of at least 4 members (excludes halogenated alkanes) is 2. The molecule has 78 valence electrons. The lowest BCUT2D eigenvalue weighted by atomic mass is 9.95. The molecule has 0 spiro atoms. The fourth-order valence-electron chi connectivity index (χ4n) is 1.42. The topological polar surface area (TPSA) is 57.5 Å². The molecule has 3 nitrogen and oxygen atoms in total. The minimum Gasteiger partial charge on any atom is -0.481 e. The van der Waals surface area contributed by atoms with E-state index in [-0.39, 0.29) is 0 Å². The van der Waals surface area contributed by atoms with Crippen LogP contribution < -0.4 is 0 Å². The highest BCUT2D eigenvalue weighted by Gasteiger charge is 2.23. The average Bonchev–Trinajstić information content (AvgIpc) is 2.05. The largest absolute Gasteiger partial charge is 0.481 e. The zero-order valence-corrected chi connectivity index (χ0v) is 8.49. The molecule has 0 saturated carbocycles. The summed E-state index contributed by atoms with van der Waals surface area (Å²) in [6.07, 6.45) is 3.51. The van der Waals surface area contributed by atoms with E-state index >= 15 is 0 Å². The van der Waals surface area contributed by atoms with Gasteiger partial charge in [-0.1, -0.05) is 33.1 Å². The zero-order valence-electron chi connectivity index (χ0n) is 8.49. The van der Waals surface area contributed by atoms with E-state index in [1.807, 2.05) is 0 Å². The summed E-state index contributed by atoms with van der Waals surface area (Å²) in [6, 6.07) is 0. The number of hydrogen-bond donors (Lipinski definition) is 2. The Kier molecular flexibility index (Phi) is 6.59. The molecule has 0 rings (SSSR count). The Bertz CT molecular complexity index is 145. The second kappa shape index (κ2) is 6.89. The van der Waals surface area contributed by atoms with Crippen molar-refractivity contribution in [2.24, 2.45) is 5.92 Å². The molecule has 0 aliphatic carbocycles. The quantitative estimate of drug-likeness (QED) is 0.601. The molecular weight excluding hydrogens is 168 g/mol. The van der Waals surface area contributed by atoms with Gasteiger partial charge in [-0.2, -0.15) is 0 Å². The van der Waals surface area contributed by atoms with Gasteiger partial charge in [-0.05, 0) is 12.8 Å². The molecule has 0 fully saturated rings. The third-order valence-corrected chi connectivity index (χ3v) is 2.32. The molecule has 2 N–H and O–H groups in total. The molecular formula is C10H20O3. The van der Waals surface area contributed by atoms with Crippen molar-refractivity contribution in [3.8, 4) is 0 Å². The summed E-state index contributed by atoms with van der Waals surface area (Å²) in [7, 11) is 0. The average molecular weight is 188 g/mol. The summed E-state index contributed by atoms with van der Waals surface area (Å²) in [5, 5.41) is 18.3. The number of aliphatic hydroxyl groups excluding tert-OH is 1. The molecule has 2 unspecified atom stereocenters. The number of aliphatic hydroxyl groups is 1. The standard InChI is InChI=1S/C10H20O3/c1-3-5-6-7-9(11)8(4-2)10(12)13/h8-9,11H,3-7H2,1-2H3,(H,12,13). The second-order valence-corrected chi connectivity index (χ2v) is 3.42. The van der Waals surface area contributed by atoms with Gasteiger partial charge in [0.05, 0.1) is 12.0 Å².